The molecule has 0 radical (unpaired) electrons. The molecule has 2 aromatic rings. The van der Waals surface area contributed by atoms with Gasteiger partial charge in [0.15, 0.2) is 0 Å². The van der Waals surface area contributed by atoms with Gasteiger partial charge in [0.1, 0.15) is 0 Å². The van der Waals surface area contributed by atoms with Gasteiger partial charge in [-0.05, 0) is 36.2 Å². The van der Waals surface area contributed by atoms with Crippen molar-refractivity contribution in [2.75, 3.05) is 11.9 Å². The van der Waals surface area contributed by atoms with Crippen molar-refractivity contribution in [3.05, 3.63) is 59.7 Å². The average molecular weight is 246 g/mol. The van der Waals surface area contributed by atoms with E-state index in [0.29, 0.717) is 5.88 Å². The Bertz CT molecular complexity index is 494. The smallest absolute Gasteiger partial charge is 0.0474 e. The lowest BCUT2D eigenvalue weighted by atomic mass is 10.1. The molecule has 0 spiro atoms. The number of aryl methyl sites for hydroxylation is 1. The minimum Gasteiger partial charge on any atom is -0.344 e. The highest BCUT2D eigenvalue weighted by atomic mass is 35.5. The summed E-state index contributed by atoms with van der Waals surface area (Å²) in [6.45, 7) is 2.12. The van der Waals surface area contributed by atoms with E-state index in [1.54, 1.807) is 0 Å². The van der Waals surface area contributed by atoms with Crippen molar-refractivity contribution in [1.29, 1.82) is 0 Å². The molecule has 0 aromatic heterocycles. The summed E-state index contributed by atoms with van der Waals surface area (Å²) in [5, 5.41) is 0. The second-order valence-corrected chi connectivity index (χ2v) is 4.42. The third-order valence-electron chi connectivity index (χ3n) is 2.92. The van der Waals surface area contributed by atoms with Gasteiger partial charge < -0.3 is 4.90 Å². The van der Waals surface area contributed by atoms with Crippen molar-refractivity contribution in [1.82, 2.24) is 0 Å². The van der Waals surface area contributed by atoms with E-state index in [0.717, 1.165) is 5.56 Å². The van der Waals surface area contributed by atoms with E-state index in [2.05, 4.69) is 49.2 Å². The first-order valence-corrected chi connectivity index (χ1v) is 6.20. The first kappa shape index (κ1) is 12.0. The Labute approximate surface area is 108 Å². The van der Waals surface area contributed by atoms with Crippen LogP contribution in [0.4, 0.5) is 11.4 Å². The Morgan fingerprint density at radius 2 is 1.76 bits per heavy atom. The van der Waals surface area contributed by atoms with Crippen LogP contribution in [-0.4, -0.2) is 7.05 Å². The lowest BCUT2D eigenvalue weighted by Crippen LogP contribution is -2.10. The van der Waals surface area contributed by atoms with Gasteiger partial charge in [0, 0.05) is 24.3 Å². The Balaban J connectivity index is 2.34. The van der Waals surface area contributed by atoms with Gasteiger partial charge in [-0.25, -0.2) is 0 Å². The Morgan fingerprint density at radius 1 is 1.06 bits per heavy atom. The molecule has 0 bridgehead atoms. The maximum atomic E-state index is 5.83. The van der Waals surface area contributed by atoms with Gasteiger partial charge >= 0.3 is 0 Å². The summed E-state index contributed by atoms with van der Waals surface area (Å²) in [6.07, 6.45) is 0. The summed E-state index contributed by atoms with van der Waals surface area (Å²) in [5.74, 6) is 0.566. The molecule has 2 rings (SSSR count). The van der Waals surface area contributed by atoms with Crippen molar-refractivity contribution in [3.8, 4) is 0 Å². The number of halogens is 1. The Hall–Kier alpha value is -1.47. The van der Waals surface area contributed by atoms with Crippen molar-refractivity contribution in [2.45, 2.75) is 12.8 Å². The minimum atomic E-state index is 0.566. The molecule has 2 aromatic carbocycles. The van der Waals surface area contributed by atoms with E-state index in [9.17, 15) is 0 Å². The summed E-state index contributed by atoms with van der Waals surface area (Å²) in [5.41, 5.74) is 4.81. The second kappa shape index (κ2) is 5.24. The summed E-state index contributed by atoms with van der Waals surface area (Å²) < 4.78 is 0. The van der Waals surface area contributed by atoms with Gasteiger partial charge in [-0.1, -0.05) is 30.3 Å². The van der Waals surface area contributed by atoms with Crippen molar-refractivity contribution in [2.24, 2.45) is 0 Å². The van der Waals surface area contributed by atoms with Crippen LogP contribution in [0.2, 0.25) is 0 Å². The van der Waals surface area contributed by atoms with E-state index in [1.807, 2.05) is 18.2 Å². The highest BCUT2D eigenvalue weighted by Crippen LogP contribution is 2.27. The van der Waals surface area contributed by atoms with Gasteiger partial charge in [-0.2, -0.15) is 0 Å². The Morgan fingerprint density at radius 3 is 2.35 bits per heavy atom. The minimum absolute atomic E-state index is 0.566. The lowest BCUT2D eigenvalue weighted by Gasteiger charge is -2.22. The zero-order valence-electron chi connectivity index (χ0n) is 10.2. The number of para-hydroxylation sites is 1. The first-order chi connectivity index (χ1) is 8.22. The molecule has 2 heteroatoms. The van der Waals surface area contributed by atoms with Crippen molar-refractivity contribution >= 4 is 23.0 Å². The molecule has 0 unspecified atom stereocenters. The largest absolute Gasteiger partial charge is 0.344 e. The average Bonchev–Trinajstić information content (AvgIpc) is 2.39. The number of nitrogens with zero attached hydrogens (tertiary/aromatic N) is 1. The molecular weight excluding hydrogens is 230 g/mol. The summed E-state index contributed by atoms with van der Waals surface area (Å²) >= 11 is 5.83. The maximum Gasteiger partial charge on any atom is 0.0474 e. The van der Waals surface area contributed by atoms with Gasteiger partial charge in [0.05, 0.1) is 0 Å². The van der Waals surface area contributed by atoms with Gasteiger partial charge in [-0.3, -0.25) is 0 Å². The number of hydrogen-bond acceptors (Lipinski definition) is 1. The van der Waals surface area contributed by atoms with Crippen LogP contribution in [0.15, 0.2) is 48.5 Å². The first-order valence-electron chi connectivity index (χ1n) is 5.66. The van der Waals surface area contributed by atoms with Crippen LogP contribution >= 0.6 is 11.6 Å². The van der Waals surface area contributed by atoms with Crippen LogP contribution in [0.5, 0.6) is 0 Å². The molecule has 0 amide bonds. The van der Waals surface area contributed by atoms with Crippen LogP contribution in [0.25, 0.3) is 0 Å². The number of benzene rings is 2. The number of alkyl halides is 1. The van der Waals surface area contributed by atoms with E-state index in [4.69, 9.17) is 11.6 Å². The molecule has 88 valence electrons. The normalized spacial score (nSPS) is 10.3. The third kappa shape index (κ3) is 2.62. The third-order valence-corrected chi connectivity index (χ3v) is 3.23. The molecule has 0 saturated heterocycles. The predicted molar refractivity (Wildman–Crippen MR) is 75.2 cm³/mol. The fourth-order valence-corrected chi connectivity index (χ4v) is 2.13. The number of hydrogen-bond donors (Lipinski definition) is 0. The molecule has 1 nitrogen and oxygen atoms in total. The van der Waals surface area contributed by atoms with Crippen molar-refractivity contribution in [3.63, 3.8) is 0 Å². The van der Waals surface area contributed by atoms with E-state index in [-0.39, 0.29) is 0 Å². The van der Waals surface area contributed by atoms with E-state index in [1.165, 1.54) is 16.9 Å². The molecular formula is C15H16ClN. The molecule has 0 atom stereocenters. The molecule has 0 heterocycles. The van der Waals surface area contributed by atoms with Crippen LogP contribution in [0, 0.1) is 6.92 Å². The highest BCUT2D eigenvalue weighted by molar-refractivity contribution is 6.17. The maximum absolute atomic E-state index is 5.83. The Kier molecular flexibility index (Phi) is 3.70. The zero-order valence-corrected chi connectivity index (χ0v) is 10.9. The topological polar surface area (TPSA) is 3.24 Å². The van der Waals surface area contributed by atoms with Crippen LogP contribution in [0.3, 0.4) is 0 Å². The van der Waals surface area contributed by atoms with Crippen LogP contribution in [-0.2, 0) is 5.88 Å². The van der Waals surface area contributed by atoms with Crippen LogP contribution < -0.4 is 4.90 Å². The molecule has 17 heavy (non-hydrogen) atoms. The predicted octanol–water partition coefficient (Wildman–Crippen LogP) is 4.50. The molecule has 0 saturated carbocycles. The summed E-state index contributed by atoms with van der Waals surface area (Å²) in [7, 11) is 2.08. The quantitative estimate of drug-likeness (QED) is 0.720. The monoisotopic (exact) mass is 245 g/mol. The highest BCUT2D eigenvalue weighted by Gasteiger charge is 2.06. The summed E-state index contributed by atoms with van der Waals surface area (Å²) in [6, 6.07) is 16.7. The fourth-order valence-electron chi connectivity index (χ4n) is 1.97. The zero-order chi connectivity index (χ0) is 12.3. The fraction of sp³-hybridized carbons (Fsp3) is 0.200. The molecule has 0 aliphatic carbocycles. The number of rotatable bonds is 3. The van der Waals surface area contributed by atoms with Crippen molar-refractivity contribution < 1.29 is 0 Å². The van der Waals surface area contributed by atoms with E-state index < -0.39 is 0 Å². The second-order valence-electron chi connectivity index (χ2n) is 4.15. The van der Waals surface area contributed by atoms with E-state index >= 15 is 0 Å². The van der Waals surface area contributed by atoms with Gasteiger partial charge in [-0.15, -0.1) is 11.6 Å². The molecule has 0 N–H and O–H groups in total. The lowest BCUT2D eigenvalue weighted by molar-refractivity contribution is 1.18. The number of anilines is 2. The molecule has 0 fully saturated rings. The SMILES string of the molecule is Cc1cc(CCl)ccc1N(C)c1ccccc1. The van der Waals surface area contributed by atoms with Gasteiger partial charge in [0.2, 0.25) is 0 Å². The standard InChI is InChI=1S/C15H16ClN/c1-12-10-13(11-16)8-9-15(12)17(2)14-6-4-3-5-7-14/h3-10H,11H2,1-2H3. The van der Waals surface area contributed by atoms with Gasteiger partial charge in [0.25, 0.3) is 0 Å². The van der Waals surface area contributed by atoms with Crippen LogP contribution in [0.1, 0.15) is 11.1 Å². The molecule has 0 aliphatic rings. The summed E-state index contributed by atoms with van der Waals surface area (Å²) in [4.78, 5) is 2.19. The molecule has 0 aliphatic heterocycles.